The zero-order valence-electron chi connectivity index (χ0n) is 11.4. The van der Waals surface area contributed by atoms with Gasteiger partial charge in [-0.05, 0) is 19.8 Å². The first-order chi connectivity index (χ1) is 9.17. The molecule has 19 heavy (non-hydrogen) atoms. The molecule has 1 aromatic rings. The Hall–Kier alpha value is -1.85. The van der Waals surface area contributed by atoms with E-state index in [1.807, 2.05) is 13.0 Å². The Morgan fingerprint density at radius 3 is 2.74 bits per heavy atom. The lowest BCUT2D eigenvalue weighted by atomic mass is 10.2. The topological polar surface area (TPSA) is 76.1 Å². The molecule has 0 atom stereocenters. The fourth-order valence-corrected chi connectivity index (χ4v) is 2.25. The quantitative estimate of drug-likeness (QED) is 0.789. The largest absolute Gasteiger partial charge is 0.468 e. The van der Waals surface area contributed by atoms with E-state index in [-0.39, 0.29) is 12.5 Å². The summed E-state index contributed by atoms with van der Waals surface area (Å²) in [4.78, 5) is 19.7. The fraction of sp³-hybridized carbons (Fsp3) is 0.615. The van der Waals surface area contributed by atoms with Crippen molar-refractivity contribution < 1.29 is 9.53 Å². The second kappa shape index (κ2) is 6.36. The number of methoxy groups -OCH3 is 1. The van der Waals surface area contributed by atoms with Gasteiger partial charge in [0.25, 0.3) is 0 Å². The van der Waals surface area contributed by atoms with Crippen LogP contribution in [0.25, 0.3) is 0 Å². The molecule has 0 amide bonds. The highest BCUT2D eigenvalue weighted by molar-refractivity contribution is 5.74. The third kappa shape index (κ3) is 4.08. The summed E-state index contributed by atoms with van der Waals surface area (Å²) in [5.74, 6) is 1.81. The van der Waals surface area contributed by atoms with Gasteiger partial charge in [0.15, 0.2) is 0 Å². The Labute approximate surface area is 113 Å². The summed E-state index contributed by atoms with van der Waals surface area (Å²) < 4.78 is 4.58. The van der Waals surface area contributed by atoms with Crippen molar-refractivity contribution in [2.24, 2.45) is 0 Å². The first kappa shape index (κ1) is 13.6. The van der Waals surface area contributed by atoms with Crippen molar-refractivity contribution in [2.75, 3.05) is 24.3 Å². The highest BCUT2D eigenvalue weighted by atomic mass is 16.5. The summed E-state index contributed by atoms with van der Waals surface area (Å²) in [6.45, 7) is 1.94. The number of anilines is 2. The molecular formula is C13H20N4O2. The van der Waals surface area contributed by atoms with Gasteiger partial charge in [-0.25, -0.2) is 9.97 Å². The van der Waals surface area contributed by atoms with Crippen LogP contribution in [-0.2, 0) is 9.53 Å². The molecule has 1 aliphatic carbocycles. The van der Waals surface area contributed by atoms with Gasteiger partial charge in [0.2, 0.25) is 0 Å². The number of ether oxygens (including phenoxy) is 1. The summed E-state index contributed by atoms with van der Waals surface area (Å²) in [6, 6.07) is 2.33. The molecule has 6 heteroatoms. The van der Waals surface area contributed by atoms with Crippen LogP contribution in [0.4, 0.5) is 11.6 Å². The Morgan fingerprint density at radius 2 is 2.05 bits per heavy atom. The van der Waals surface area contributed by atoms with Gasteiger partial charge in [-0.1, -0.05) is 12.8 Å². The standard InChI is InChI=1S/C13H20N4O2/c1-9-15-11(14-8-13(18)19-2)7-12(16-9)17-10-5-3-4-6-10/h7,10H,3-6,8H2,1-2H3,(H2,14,15,16,17). The Morgan fingerprint density at radius 1 is 1.37 bits per heavy atom. The van der Waals surface area contributed by atoms with Crippen molar-refractivity contribution in [3.63, 3.8) is 0 Å². The molecule has 6 nitrogen and oxygen atoms in total. The lowest BCUT2D eigenvalue weighted by Gasteiger charge is -2.14. The average molecular weight is 264 g/mol. The number of aromatic nitrogens is 2. The van der Waals surface area contributed by atoms with Gasteiger partial charge in [0.05, 0.1) is 7.11 Å². The normalized spacial score (nSPS) is 15.3. The van der Waals surface area contributed by atoms with Crippen molar-refractivity contribution in [3.05, 3.63) is 11.9 Å². The van der Waals surface area contributed by atoms with Crippen molar-refractivity contribution in [2.45, 2.75) is 38.6 Å². The number of nitrogens with one attached hydrogen (secondary N) is 2. The van der Waals surface area contributed by atoms with Crippen LogP contribution >= 0.6 is 0 Å². The zero-order chi connectivity index (χ0) is 13.7. The predicted molar refractivity (Wildman–Crippen MR) is 73.2 cm³/mol. The summed E-state index contributed by atoms with van der Waals surface area (Å²) in [5, 5.41) is 6.35. The maximum atomic E-state index is 11.1. The molecule has 2 rings (SSSR count). The van der Waals surface area contributed by atoms with Crippen LogP contribution in [0.15, 0.2) is 6.07 Å². The minimum atomic E-state index is -0.318. The molecule has 0 unspecified atom stereocenters. The predicted octanol–water partition coefficient (Wildman–Crippen LogP) is 1.72. The van der Waals surface area contributed by atoms with Crippen LogP contribution in [0.5, 0.6) is 0 Å². The SMILES string of the molecule is COC(=O)CNc1cc(NC2CCCC2)nc(C)n1. The first-order valence-corrected chi connectivity index (χ1v) is 6.60. The smallest absolute Gasteiger partial charge is 0.325 e. The highest BCUT2D eigenvalue weighted by Gasteiger charge is 2.15. The van der Waals surface area contributed by atoms with E-state index >= 15 is 0 Å². The lowest BCUT2D eigenvalue weighted by Crippen LogP contribution is -2.18. The van der Waals surface area contributed by atoms with Gasteiger partial charge < -0.3 is 15.4 Å². The van der Waals surface area contributed by atoms with Crippen molar-refractivity contribution in [3.8, 4) is 0 Å². The van der Waals surface area contributed by atoms with E-state index in [4.69, 9.17) is 0 Å². The maximum Gasteiger partial charge on any atom is 0.325 e. The number of hydrogen-bond donors (Lipinski definition) is 2. The third-order valence-electron chi connectivity index (χ3n) is 3.19. The van der Waals surface area contributed by atoms with Gasteiger partial charge in [-0.2, -0.15) is 0 Å². The summed E-state index contributed by atoms with van der Waals surface area (Å²) in [7, 11) is 1.36. The minimum absolute atomic E-state index is 0.107. The minimum Gasteiger partial charge on any atom is -0.468 e. The summed E-state index contributed by atoms with van der Waals surface area (Å²) in [5.41, 5.74) is 0. The van der Waals surface area contributed by atoms with Gasteiger partial charge >= 0.3 is 5.97 Å². The van der Waals surface area contributed by atoms with E-state index in [2.05, 4.69) is 25.3 Å². The molecule has 0 bridgehead atoms. The van der Waals surface area contributed by atoms with E-state index in [1.165, 1.54) is 32.8 Å². The van der Waals surface area contributed by atoms with E-state index in [0.29, 0.717) is 17.7 Å². The number of aryl methyl sites for hydroxylation is 1. The molecule has 1 saturated carbocycles. The molecule has 1 aliphatic rings. The van der Waals surface area contributed by atoms with E-state index in [1.54, 1.807) is 0 Å². The molecule has 2 N–H and O–H groups in total. The Bertz CT molecular complexity index is 444. The second-order valence-corrected chi connectivity index (χ2v) is 4.74. The van der Waals surface area contributed by atoms with Gasteiger partial charge in [0, 0.05) is 12.1 Å². The number of rotatable bonds is 5. The lowest BCUT2D eigenvalue weighted by molar-refractivity contribution is -0.138. The number of carbonyl (C=O) groups is 1. The van der Waals surface area contributed by atoms with Crippen LogP contribution in [0.2, 0.25) is 0 Å². The van der Waals surface area contributed by atoms with Crippen LogP contribution in [0.3, 0.4) is 0 Å². The molecule has 1 aromatic heterocycles. The molecule has 0 spiro atoms. The first-order valence-electron chi connectivity index (χ1n) is 6.60. The van der Waals surface area contributed by atoms with Gasteiger partial charge in [0.1, 0.15) is 24.0 Å². The maximum absolute atomic E-state index is 11.1. The van der Waals surface area contributed by atoms with Crippen LogP contribution in [-0.4, -0.2) is 35.6 Å². The molecule has 0 aromatic carbocycles. The highest BCUT2D eigenvalue weighted by Crippen LogP contribution is 2.22. The van der Waals surface area contributed by atoms with Crippen LogP contribution in [0, 0.1) is 6.92 Å². The van der Waals surface area contributed by atoms with Crippen molar-refractivity contribution in [1.82, 2.24) is 9.97 Å². The third-order valence-corrected chi connectivity index (χ3v) is 3.19. The van der Waals surface area contributed by atoms with Crippen molar-refractivity contribution >= 4 is 17.6 Å². The molecule has 0 radical (unpaired) electrons. The number of nitrogens with zero attached hydrogens (tertiary/aromatic N) is 2. The van der Waals surface area contributed by atoms with Crippen molar-refractivity contribution in [1.29, 1.82) is 0 Å². The number of carbonyl (C=O) groups excluding carboxylic acids is 1. The second-order valence-electron chi connectivity index (χ2n) is 4.74. The van der Waals surface area contributed by atoms with Crippen LogP contribution < -0.4 is 10.6 Å². The van der Waals surface area contributed by atoms with Gasteiger partial charge in [-0.3, -0.25) is 4.79 Å². The molecule has 0 saturated heterocycles. The van der Waals surface area contributed by atoms with E-state index in [0.717, 1.165) is 5.82 Å². The summed E-state index contributed by atoms with van der Waals surface area (Å²) in [6.07, 6.45) is 4.92. The van der Waals surface area contributed by atoms with E-state index in [9.17, 15) is 4.79 Å². The average Bonchev–Trinajstić information content (AvgIpc) is 2.88. The van der Waals surface area contributed by atoms with Gasteiger partial charge in [-0.15, -0.1) is 0 Å². The number of hydrogen-bond acceptors (Lipinski definition) is 6. The Kier molecular flexibility index (Phi) is 4.54. The fourth-order valence-electron chi connectivity index (χ4n) is 2.25. The number of esters is 1. The molecule has 1 fully saturated rings. The molecular weight excluding hydrogens is 244 g/mol. The monoisotopic (exact) mass is 264 g/mol. The summed E-state index contributed by atoms with van der Waals surface area (Å²) >= 11 is 0. The van der Waals surface area contributed by atoms with Crippen LogP contribution in [0.1, 0.15) is 31.5 Å². The van der Waals surface area contributed by atoms with E-state index < -0.39 is 0 Å². The molecule has 0 aliphatic heterocycles. The Balaban J connectivity index is 1.99. The molecule has 1 heterocycles. The molecule has 104 valence electrons. The zero-order valence-corrected chi connectivity index (χ0v) is 11.4.